The number of hydrogen-bond acceptors (Lipinski definition) is 9. The van der Waals surface area contributed by atoms with Crippen molar-refractivity contribution in [2.45, 2.75) is 20.8 Å². The molecule has 0 unspecified atom stereocenters. The Morgan fingerprint density at radius 2 is 1.64 bits per heavy atom. The average Bonchev–Trinajstić information content (AvgIpc) is 3.13. The number of thiazole rings is 1. The molecule has 0 bridgehead atoms. The number of benzene rings is 2. The summed E-state index contributed by atoms with van der Waals surface area (Å²) in [6.45, 7) is 6.01. The summed E-state index contributed by atoms with van der Waals surface area (Å²) in [5.41, 5.74) is 3.18. The molecule has 0 saturated heterocycles. The topological polar surface area (TPSA) is 93.4 Å². The third kappa shape index (κ3) is 7.12. The lowest BCUT2D eigenvalue weighted by atomic mass is 10.1. The van der Waals surface area contributed by atoms with Crippen LogP contribution in [0, 0.1) is 6.92 Å². The highest BCUT2D eigenvalue weighted by Crippen LogP contribution is 2.35. The molecule has 3 rings (SSSR count). The fourth-order valence-corrected chi connectivity index (χ4v) is 4.16. The van der Waals surface area contributed by atoms with Crippen LogP contribution < -0.4 is 4.90 Å². The molecule has 0 aliphatic carbocycles. The molecule has 2 aromatic carbocycles. The maximum atomic E-state index is 11.1. The van der Waals surface area contributed by atoms with Gasteiger partial charge in [0.05, 0.1) is 39.0 Å². The number of nitrogens with zero attached hydrogens (tertiary/aromatic N) is 4. The molecule has 174 valence electrons. The molecule has 0 fully saturated rings. The molecule has 33 heavy (non-hydrogen) atoms. The number of halogens is 2. The van der Waals surface area contributed by atoms with Crippen LogP contribution >= 0.6 is 34.5 Å². The minimum atomic E-state index is -0.346. The fourth-order valence-electron chi connectivity index (χ4n) is 2.97. The predicted octanol–water partition coefficient (Wildman–Crippen LogP) is 6.26. The fraction of sp³-hybridized carbons (Fsp3) is 0.318. The van der Waals surface area contributed by atoms with Crippen LogP contribution in [0.2, 0.25) is 10.0 Å². The lowest BCUT2D eigenvalue weighted by Crippen LogP contribution is -2.31. The average molecular weight is 509 g/mol. The van der Waals surface area contributed by atoms with E-state index < -0.39 is 0 Å². The van der Waals surface area contributed by atoms with Crippen molar-refractivity contribution in [3.05, 3.63) is 45.9 Å². The number of aromatic nitrogens is 1. The lowest BCUT2D eigenvalue weighted by Gasteiger charge is -2.25. The molecule has 1 heterocycles. The second-order valence-corrected chi connectivity index (χ2v) is 8.89. The van der Waals surface area contributed by atoms with Crippen molar-refractivity contribution in [2.24, 2.45) is 10.2 Å². The molecule has 1 aromatic heterocycles. The summed E-state index contributed by atoms with van der Waals surface area (Å²) in [7, 11) is 0. The number of azo groups is 1. The first-order chi connectivity index (χ1) is 15.7. The zero-order valence-corrected chi connectivity index (χ0v) is 20.6. The first-order valence-corrected chi connectivity index (χ1v) is 11.6. The number of rotatable bonds is 9. The van der Waals surface area contributed by atoms with E-state index in [1.165, 1.54) is 25.2 Å². The largest absolute Gasteiger partial charge is 0.464 e. The number of anilines is 1. The highest BCUT2D eigenvalue weighted by molar-refractivity contribution is 7.22. The Balaban J connectivity index is 1.75. The minimum Gasteiger partial charge on any atom is -0.464 e. The molecule has 3 aromatic rings. The monoisotopic (exact) mass is 508 g/mol. The summed E-state index contributed by atoms with van der Waals surface area (Å²) >= 11 is 13.5. The second kappa shape index (κ2) is 11.4. The Morgan fingerprint density at radius 3 is 2.24 bits per heavy atom. The number of carbonyl (C=O) groups is 2. The molecule has 0 N–H and O–H groups in total. The summed E-state index contributed by atoms with van der Waals surface area (Å²) in [6.07, 6.45) is 0. The SMILES string of the molecule is CC(=O)OCCN(CCOC(C)=O)c1ccc(N=Nc2nc3cc(Cl)c(Cl)cc3s2)c(C)c1. The summed E-state index contributed by atoms with van der Waals surface area (Å²) in [5, 5.41) is 10.0. The maximum Gasteiger partial charge on any atom is 0.302 e. The van der Waals surface area contributed by atoms with Gasteiger partial charge in [-0.2, -0.15) is 0 Å². The molecule has 0 radical (unpaired) electrons. The van der Waals surface area contributed by atoms with Gasteiger partial charge in [-0.1, -0.05) is 34.5 Å². The summed E-state index contributed by atoms with van der Waals surface area (Å²) in [6, 6.07) is 9.15. The van der Waals surface area contributed by atoms with Crippen molar-refractivity contribution >= 4 is 73.2 Å². The number of ether oxygens (including phenoxy) is 2. The van der Waals surface area contributed by atoms with Gasteiger partial charge in [0, 0.05) is 19.5 Å². The molecule has 11 heteroatoms. The third-order valence-electron chi connectivity index (χ3n) is 4.54. The predicted molar refractivity (Wildman–Crippen MR) is 130 cm³/mol. The Bertz CT molecular complexity index is 1140. The van der Waals surface area contributed by atoms with Crippen molar-refractivity contribution in [2.75, 3.05) is 31.2 Å². The van der Waals surface area contributed by atoms with Crippen LogP contribution in [0.15, 0.2) is 40.6 Å². The second-order valence-electron chi connectivity index (χ2n) is 7.07. The first-order valence-electron chi connectivity index (χ1n) is 10.0. The minimum absolute atomic E-state index is 0.224. The van der Waals surface area contributed by atoms with Gasteiger partial charge in [0.1, 0.15) is 13.2 Å². The highest BCUT2D eigenvalue weighted by Gasteiger charge is 2.11. The Morgan fingerprint density at radius 1 is 1.00 bits per heavy atom. The van der Waals surface area contributed by atoms with Gasteiger partial charge >= 0.3 is 11.9 Å². The number of hydrogen-bond donors (Lipinski definition) is 0. The number of esters is 2. The van der Waals surface area contributed by atoms with Crippen LogP contribution in [0.25, 0.3) is 10.2 Å². The van der Waals surface area contributed by atoms with E-state index in [2.05, 4.69) is 15.2 Å². The quantitative estimate of drug-likeness (QED) is 0.250. The van der Waals surface area contributed by atoms with Crippen molar-refractivity contribution in [3.63, 3.8) is 0 Å². The molecule has 0 amide bonds. The van der Waals surface area contributed by atoms with E-state index in [-0.39, 0.29) is 25.2 Å². The van der Waals surface area contributed by atoms with E-state index in [1.807, 2.05) is 30.0 Å². The van der Waals surface area contributed by atoms with Gasteiger partial charge in [0.2, 0.25) is 5.13 Å². The Kier molecular flexibility index (Phi) is 8.60. The van der Waals surface area contributed by atoms with E-state index in [9.17, 15) is 9.59 Å². The molecular formula is C22H22Cl2N4O4S. The zero-order valence-electron chi connectivity index (χ0n) is 18.3. The summed E-state index contributed by atoms with van der Waals surface area (Å²) in [4.78, 5) is 28.6. The molecule has 0 aliphatic heterocycles. The number of fused-ring (bicyclic) bond motifs is 1. The molecule has 0 spiro atoms. The van der Waals surface area contributed by atoms with Gasteiger partial charge in [-0.15, -0.1) is 10.2 Å². The van der Waals surface area contributed by atoms with Crippen molar-refractivity contribution in [1.29, 1.82) is 0 Å². The van der Waals surface area contributed by atoms with Gasteiger partial charge in [0.15, 0.2) is 0 Å². The van der Waals surface area contributed by atoms with Crippen molar-refractivity contribution in [1.82, 2.24) is 4.98 Å². The van der Waals surface area contributed by atoms with Crippen LogP contribution in [0.4, 0.5) is 16.5 Å². The van der Waals surface area contributed by atoms with E-state index in [0.717, 1.165) is 16.0 Å². The van der Waals surface area contributed by atoms with Gasteiger partial charge in [0.25, 0.3) is 0 Å². The van der Waals surface area contributed by atoms with E-state index in [1.54, 1.807) is 12.1 Å². The smallest absolute Gasteiger partial charge is 0.302 e. The highest BCUT2D eigenvalue weighted by atomic mass is 35.5. The maximum absolute atomic E-state index is 11.1. The Hall–Kier alpha value is -2.75. The van der Waals surface area contributed by atoms with Crippen LogP contribution in [-0.4, -0.2) is 43.2 Å². The molecule has 0 atom stereocenters. The van der Waals surface area contributed by atoms with Crippen molar-refractivity contribution in [3.8, 4) is 0 Å². The van der Waals surface area contributed by atoms with E-state index in [0.29, 0.717) is 39.5 Å². The third-order valence-corrected chi connectivity index (χ3v) is 6.17. The van der Waals surface area contributed by atoms with Gasteiger partial charge in [-0.05, 0) is 42.8 Å². The number of carbonyl (C=O) groups excluding carboxylic acids is 2. The van der Waals surface area contributed by atoms with E-state index >= 15 is 0 Å². The summed E-state index contributed by atoms with van der Waals surface area (Å²) in [5.74, 6) is -0.692. The Labute approximate surface area is 205 Å². The van der Waals surface area contributed by atoms with Crippen LogP contribution in [0.3, 0.4) is 0 Å². The standard InChI is InChI=1S/C22H22Cl2N4O4S/c1-13-10-16(28(6-8-31-14(2)29)7-9-32-15(3)30)4-5-19(13)26-27-22-25-20-11-17(23)18(24)12-21(20)33-22/h4-5,10-12H,6-9H2,1-3H3. The zero-order chi connectivity index (χ0) is 24.0. The number of aryl methyl sites for hydroxylation is 1. The van der Waals surface area contributed by atoms with Crippen LogP contribution in [-0.2, 0) is 19.1 Å². The normalized spacial score (nSPS) is 11.2. The van der Waals surface area contributed by atoms with Gasteiger partial charge < -0.3 is 14.4 Å². The van der Waals surface area contributed by atoms with Crippen molar-refractivity contribution < 1.29 is 19.1 Å². The van der Waals surface area contributed by atoms with E-state index in [4.69, 9.17) is 32.7 Å². The summed E-state index contributed by atoms with van der Waals surface area (Å²) < 4.78 is 11.0. The van der Waals surface area contributed by atoms with Gasteiger partial charge in [-0.3, -0.25) is 9.59 Å². The molecule has 0 saturated carbocycles. The first kappa shape index (κ1) is 24.9. The lowest BCUT2D eigenvalue weighted by molar-refractivity contribution is -0.141. The van der Waals surface area contributed by atoms with Crippen LogP contribution in [0.5, 0.6) is 0 Å². The molecule has 8 nitrogen and oxygen atoms in total. The molecular weight excluding hydrogens is 487 g/mol. The molecule has 0 aliphatic rings. The van der Waals surface area contributed by atoms with Crippen LogP contribution in [0.1, 0.15) is 19.4 Å². The van der Waals surface area contributed by atoms with Gasteiger partial charge in [-0.25, -0.2) is 4.98 Å².